The van der Waals surface area contributed by atoms with Crippen LogP contribution in [-0.4, -0.2) is 37.0 Å². The highest BCUT2D eigenvalue weighted by atomic mass is 16.1. The fourth-order valence-electron chi connectivity index (χ4n) is 2.77. The second kappa shape index (κ2) is 7.29. The molecule has 0 bridgehead atoms. The highest BCUT2D eigenvalue weighted by Crippen LogP contribution is 2.12. The molecule has 7 nitrogen and oxygen atoms in total. The molecule has 0 fully saturated rings. The summed E-state index contributed by atoms with van der Waals surface area (Å²) in [6.45, 7) is 7.26. The molecule has 130 valence electrons. The van der Waals surface area contributed by atoms with Crippen LogP contribution >= 0.6 is 0 Å². The lowest BCUT2D eigenvalue weighted by atomic mass is 10.2. The van der Waals surface area contributed by atoms with E-state index in [1.807, 2.05) is 49.7 Å². The average Bonchev–Trinajstić information content (AvgIpc) is 3.14. The zero-order valence-corrected chi connectivity index (χ0v) is 14.7. The standard InChI is InChI=1S/C18H22N6O/c1-13-11-14(2)23(22-13)10-6-9-20-18(25)16-12-21-24(15(16)3)17-7-4-5-8-19-17/h4-5,7-8,11-12H,6,9-10H2,1-3H3,(H,20,25). The molecule has 1 N–H and O–H groups in total. The largest absolute Gasteiger partial charge is 0.352 e. The Labute approximate surface area is 146 Å². The molecule has 0 aromatic carbocycles. The van der Waals surface area contributed by atoms with Crippen molar-refractivity contribution in [2.45, 2.75) is 33.7 Å². The molecule has 0 aliphatic carbocycles. The van der Waals surface area contributed by atoms with Gasteiger partial charge in [-0.1, -0.05) is 6.07 Å². The molecule has 3 rings (SSSR count). The Balaban J connectivity index is 1.57. The van der Waals surface area contributed by atoms with Gasteiger partial charge in [-0.05, 0) is 45.4 Å². The maximum atomic E-state index is 12.4. The summed E-state index contributed by atoms with van der Waals surface area (Å²) in [5, 5.41) is 11.6. The zero-order valence-electron chi connectivity index (χ0n) is 14.7. The first-order chi connectivity index (χ1) is 12.1. The summed E-state index contributed by atoms with van der Waals surface area (Å²) in [6.07, 6.45) is 4.11. The first kappa shape index (κ1) is 16.9. The number of carbonyl (C=O) groups is 1. The molecule has 0 saturated heterocycles. The summed E-state index contributed by atoms with van der Waals surface area (Å²) >= 11 is 0. The molecular weight excluding hydrogens is 316 g/mol. The second-order valence-electron chi connectivity index (χ2n) is 6.00. The molecule has 0 saturated carbocycles. The van der Waals surface area contributed by atoms with Gasteiger partial charge in [0.05, 0.1) is 23.1 Å². The number of hydrogen-bond acceptors (Lipinski definition) is 4. The maximum absolute atomic E-state index is 12.4. The van der Waals surface area contributed by atoms with Crippen LogP contribution in [0.15, 0.2) is 36.7 Å². The first-order valence-corrected chi connectivity index (χ1v) is 8.31. The van der Waals surface area contributed by atoms with Gasteiger partial charge in [0.15, 0.2) is 5.82 Å². The molecule has 3 aromatic heterocycles. The van der Waals surface area contributed by atoms with Crippen molar-refractivity contribution in [1.29, 1.82) is 0 Å². The molecular formula is C18H22N6O. The van der Waals surface area contributed by atoms with Gasteiger partial charge < -0.3 is 5.32 Å². The lowest BCUT2D eigenvalue weighted by molar-refractivity contribution is 0.0952. The third-order valence-electron chi connectivity index (χ3n) is 4.06. The minimum atomic E-state index is -0.118. The molecule has 7 heteroatoms. The summed E-state index contributed by atoms with van der Waals surface area (Å²) < 4.78 is 3.64. The van der Waals surface area contributed by atoms with Crippen molar-refractivity contribution < 1.29 is 4.79 Å². The molecule has 0 atom stereocenters. The number of nitrogens with zero attached hydrogens (tertiary/aromatic N) is 5. The minimum absolute atomic E-state index is 0.118. The van der Waals surface area contributed by atoms with Gasteiger partial charge in [0, 0.05) is 25.0 Å². The smallest absolute Gasteiger partial charge is 0.254 e. The molecule has 0 aliphatic heterocycles. The first-order valence-electron chi connectivity index (χ1n) is 8.31. The summed E-state index contributed by atoms with van der Waals surface area (Å²) in [7, 11) is 0. The SMILES string of the molecule is Cc1cc(C)n(CCCNC(=O)c2cnn(-c3ccccn3)c2C)n1. The van der Waals surface area contributed by atoms with Gasteiger partial charge in [-0.25, -0.2) is 9.67 Å². The topological polar surface area (TPSA) is 77.6 Å². The second-order valence-corrected chi connectivity index (χ2v) is 6.00. The Morgan fingerprint density at radius 3 is 2.76 bits per heavy atom. The number of amides is 1. The zero-order chi connectivity index (χ0) is 17.8. The van der Waals surface area contributed by atoms with Crippen LogP contribution in [0, 0.1) is 20.8 Å². The number of rotatable bonds is 6. The summed E-state index contributed by atoms with van der Waals surface area (Å²) in [5.41, 5.74) is 3.49. The van der Waals surface area contributed by atoms with Gasteiger partial charge in [-0.2, -0.15) is 10.2 Å². The van der Waals surface area contributed by atoms with Crippen molar-refractivity contribution >= 4 is 5.91 Å². The van der Waals surface area contributed by atoms with Gasteiger partial charge in [0.1, 0.15) is 0 Å². The van der Waals surface area contributed by atoms with Crippen LogP contribution in [0.5, 0.6) is 0 Å². The third kappa shape index (κ3) is 3.76. The molecule has 0 radical (unpaired) electrons. The average molecular weight is 338 g/mol. The van der Waals surface area contributed by atoms with Gasteiger partial charge in [-0.15, -0.1) is 0 Å². The van der Waals surface area contributed by atoms with E-state index in [0.29, 0.717) is 17.9 Å². The van der Waals surface area contributed by atoms with E-state index < -0.39 is 0 Å². The van der Waals surface area contributed by atoms with Crippen LogP contribution in [0.1, 0.15) is 33.9 Å². The Morgan fingerprint density at radius 1 is 1.24 bits per heavy atom. The van der Waals surface area contributed by atoms with E-state index in [-0.39, 0.29) is 5.91 Å². The predicted octanol–water partition coefficient (Wildman–Crippen LogP) is 2.21. The number of pyridine rings is 1. The summed E-state index contributed by atoms with van der Waals surface area (Å²) in [5.74, 6) is 0.580. The summed E-state index contributed by atoms with van der Waals surface area (Å²) in [6, 6.07) is 7.64. The number of carbonyl (C=O) groups excluding carboxylic acids is 1. The third-order valence-corrected chi connectivity index (χ3v) is 4.06. The molecule has 0 aliphatic rings. The number of hydrogen-bond donors (Lipinski definition) is 1. The Hall–Kier alpha value is -2.96. The highest BCUT2D eigenvalue weighted by molar-refractivity contribution is 5.95. The molecule has 1 amide bonds. The van der Waals surface area contributed by atoms with Crippen LogP contribution in [0.25, 0.3) is 5.82 Å². The summed E-state index contributed by atoms with van der Waals surface area (Å²) in [4.78, 5) is 16.6. The van der Waals surface area contributed by atoms with Crippen molar-refractivity contribution in [3.63, 3.8) is 0 Å². The quantitative estimate of drug-likeness (QED) is 0.699. The molecule has 0 spiro atoms. The van der Waals surface area contributed by atoms with Crippen LogP contribution in [0.2, 0.25) is 0 Å². The van der Waals surface area contributed by atoms with E-state index in [4.69, 9.17) is 0 Å². The van der Waals surface area contributed by atoms with Gasteiger partial charge in [0.2, 0.25) is 0 Å². The Kier molecular flexibility index (Phi) is 4.92. The fraction of sp³-hybridized carbons (Fsp3) is 0.333. The number of nitrogens with one attached hydrogen (secondary N) is 1. The molecule has 25 heavy (non-hydrogen) atoms. The Bertz CT molecular complexity index is 865. The Morgan fingerprint density at radius 2 is 2.08 bits per heavy atom. The molecule has 3 aromatic rings. The van der Waals surface area contributed by atoms with Crippen molar-refractivity contribution in [2.24, 2.45) is 0 Å². The van der Waals surface area contributed by atoms with Crippen molar-refractivity contribution in [1.82, 2.24) is 29.9 Å². The number of aromatic nitrogens is 5. The van der Waals surface area contributed by atoms with E-state index in [0.717, 1.165) is 30.0 Å². The van der Waals surface area contributed by atoms with E-state index >= 15 is 0 Å². The molecule has 3 heterocycles. The van der Waals surface area contributed by atoms with Gasteiger partial charge >= 0.3 is 0 Å². The minimum Gasteiger partial charge on any atom is -0.352 e. The van der Waals surface area contributed by atoms with E-state index in [1.165, 1.54) is 0 Å². The van der Waals surface area contributed by atoms with Gasteiger partial charge in [-0.3, -0.25) is 9.48 Å². The van der Waals surface area contributed by atoms with Crippen molar-refractivity contribution in [3.8, 4) is 5.82 Å². The van der Waals surface area contributed by atoms with Crippen molar-refractivity contribution in [2.75, 3.05) is 6.54 Å². The predicted molar refractivity (Wildman–Crippen MR) is 94.7 cm³/mol. The number of aryl methyl sites for hydroxylation is 3. The molecule has 0 unspecified atom stereocenters. The fourth-order valence-corrected chi connectivity index (χ4v) is 2.77. The van der Waals surface area contributed by atoms with Crippen LogP contribution in [0.3, 0.4) is 0 Å². The normalized spacial score (nSPS) is 10.8. The van der Waals surface area contributed by atoms with Crippen LogP contribution in [-0.2, 0) is 6.54 Å². The van der Waals surface area contributed by atoms with Gasteiger partial charge in [0.25, 0.3) is 5.91 Å². The van der Waals surface area contributed by atoms with Crippen LogP contribution < -0.4 is 5.32 Å². The van der Waals surface area contributed by atoms with Crippen LogP contribution in [0.4, 0.5) is 0 Å². The monoisotopic (exact) mass is 338 g/mol. The maximum Gasteiger partial charge on any atom is 0.254 e. The van der Waals surface area contributed by atoms with E-state index in [9.17, 15) is 4.79 Å². The lowest BCUT2D eigenvalue weighted by Crippen LogP contribution is -2.26. The lowest BCUT2D eigenvalue weighted by Gasteiger charge is -2.07. The van der Waals surface area contributed by atoms with Crippen molar-refractivity contribution in [3.05, 3.63) is 59.3 Å². The van der Waals surface area contributed by atoms with E-state index in [2.05, 4.69) is 20.5 Å². The van der Waals surface area contributed by atoms with E-state index in [1.54, 1.807) is 17.1 Å². The highest BCUT2D eigenvalue weighted by Gasteiger charge is 2.15.